The van der Waals surface area contributed by atoms with Crippen LogP contribution in [0.3, 0.4) is 0 Å². The van der Waals surface area contributed by atoms with Crippen molar-refractivity contribution in [3.8, 4) is 11.5 Å². The molecule has 2 aliphatic rings. The lowest BCUT2D eigenvalue weighted by atomic mass is 9.80. The molecule has 0 radical (unpaired) electrons. The highest BCUT2D eigenvalue weighted by atomic mass is 16.6. The molecular weight excluding hydrogens is 771 g/mol. The van der Waals surface area contributed by atoms with Gasteiger partial charge in [0.2, 0.25) is 5.91 Å². The molecule has 0 saturated carbocycles. The Balaban J connectivity index is 1.12. The number of amides is 3. The maximum Gasteiger partial charge on any atom is 0.330 e. The number of rotatable bonds is 13. The zero-order valence-electron chi connectivity index (χ0n) is 32.8. The Kier molecular flexibility index (Phi) is 10.8. The summed E-state index contributed by atoms with van der Waals surface area (Å²) in [4.78, 5) is 69.8. The van der Waals surface area contributed by atoms with Gasteiger partial charge in [-0.1, -0.05) is 66.7 Å². The summed E-state index contributed by atoms with van der Waals surface area (Å²) in [7, 11) is 4.87. The quantitative estimate of drug-likeness (QED) is 0.0981. The van der Waals surface area contributed by atoms with Gasteiger partial charge in [0.1, 0.15) is 41.9 Å². The highest BCUT2D eigenvalue weighted by Gasteiger charge is 2.48. The second kappa shape index (κ2) is 16.3. The van der Waals surface area contributed by atoms with Crippen LogP contribution < -0.4 is 31.4 Å². The normalized spacial score (nSPS) is 18.7. The van der Waals surface area contributed by atoms with E-state index < -0.39 is 65.6 Å². The first-order valence-corrected chi connectivity index (χ1v) is 19.1. The molecule has 1 fully saturated rings. The first-order chi connectivity index (χ1) is 29.1. The molecule has 5 aromatic carbocycles. The number of aromatic nitrogens is 2. The Hall–Kier alpha value is -7.07. The summed E-state index contributed by atoms with van der Waals surface area (Å²) >= 11 is 0. The molecule has 4 N–H and O–H groups in total. The van der Waals surface area contributed by atoms with Gasteiger partial charge in [-0.3, -0.25) is 33.6 Å². The van der Waals surface area contributed by atoms with Crippen molar-refractivity contribution < 1.29 is 38.4 Å². The molecule has 0 bridgehead atoms. The minimum Gasteiger partial charge on any atom is -0.497 e. The third kappa shape index (κ3) is 6.97. The number of benzene rings is 5. The van der Waals surface area contributed by atoms with Gasteiger partial charge < -0.3 is 34.7 Å². The van der Waals surface area contributed by atoms with Gasteiger partial charge in [-0.2, -0.15) is 0 Å². The third-order valence-electron chi connectivity index (χ3n) is 11.0. The molecule has 4 atom stereocenters. The number of nitrogens with zero attached hydrogens (tertiary/aromatic N) is 2. The fraction of sp³-hybridized carbons (Fsp3) is 0.222. The SMILES string of the molecule is CNc1ccc2c3c(cccc13)C(=O)N(CC(=O)N[C@@H]1[C@H](O)[C@@H](COC(c3ccccc3)(c3ccc(OC)cc3)c3ccc(OC)cc3)O[C@H]1n1ccc(=O)[nH]c1=O)C2=O. The largest absolute Gasteiger partial charge is 0.497 e. The molecule has 15 heteroatoms. The molecule has 0 aliphatic carbocycles. The molecule has 1 aromatic heterocycles. The number of anilines is 1. The van der Waals surface area contributed by atoms with Gasteiger partial charge in [0.15, 0.2) is 6.23 Å². The number of aliphatic hydroxyl groups is 1. The number of carbonyl (C=O) groups is 3. The van der Waals surface area contributed by atoms with Gasteiger partial charge in [-0.05, 0) is 59.2 Å². The maximum atomic E-state index is 13.9. The van der Waals surface area contributed by atoms with Crippen LogP contribution in [0.5, 0.6) is 11.5 Å². The van der Waals surface area contributed by atoms with Crippen LogP contribution in [0.25, 0.3) is 10.8 Å². The van der Waals surface area contributed by atoms with Crippen molar-refractivity contribution in [1.82, 2.24) is 19.8 Å². The molecule has 0 spiro atoms. The summed E-state index contributed by atoms with van der Waals surface area (Å²) in [6, 6.07) is 32.4. The van der Waals surface area contributed by atoms with E-state index in [0.29, 0.717) is 33.4 Å². The Labute approximate surface area is 343 Å². The van der Waals surface area contributed by atoms with Crippen LogP contribution in [0.15, 0.2) is 131 Å². The number of methoxy groups -OCH3 is 2. The fourth-order valence-electron chi connectivity index (χ4n) is 8.07. The van der Waals surface area contributed by atoms with E-state index in [2.05, 4.69) is 15.6 Å². The zero-order chi connectivity index (χ0) is 42.1. The van der Waals surface area contributed by atoms with Crippen LogP contribution in [0, 0.1) is 0 Å². The van der Waals surface area contributed by atoms with Crippen LogP contribution in [0.1, 0.15) is 43.6 Å². The summed E-state index contributed by atoms with van der Waals surface area (Å²) in [5.74, 6) is -0.909. The fourth-order valence-corrected chi connectivity index (χ4v) is 8.07. The van der Waals surface area contributed by atoms with E-state index in [0.717, 1.165) is 26.8 Å². The molecule has 15 nitrogen and oxygen atoms in total. The number of aromatic amines is 1. The number of ether oxygens (including phenoxy) is 4. The molecule has 60 heavy (non-hydrogen) atoms. The van der Waals surface area contributed by atoms with Gasteiger partial charge >= 0.3 is 5.69 Å². The lowest BCUT2D eigenvalue weighted by Gasteiger charge is -2.37. The molecule has 6 aromatic rings. The van der Waals surface area contributed by atoms with Crippen LogP contribution in [-0.4, -0.2) is 89.9 Å². The minimum absolute atomic E-state index is 0.252. The molecule has 8 rings (SSSR count). The number of H-pyrrole nitrogens is 1. The van der Waals surface area contributed by atoms with E-state index in [1.807, 2.05) is 78.9 Å². The number of carbonyl (C=O) groups excluding carboxylic acids is 3. The van der Waals surface area contributed by atoms with Gasteiger partial charge in [0.25, 0.3) is 17.4 Å². The van der Waals surface area contributed by atoms with Crippen LogP contribution >= 0.6 is 0 Å². The average Bonchev–Trinajstić information content (AvgIpc) is 3.58. The number of hydrogen-bond acceptors (Lipinski definition) is 11. The molecule has 306 valence electrons. The smallest absolute Gasteiger partial charge is 0.330 e. The van der Waals surface area contributed by atoms with E-state index in [1.54, 1.807) is 51.6 Å². The van der Waals surface area contributed by atoms with Gasteiger partial charge in [-0.15, -0.1) is 0 Å². The first-order valence-electron chi connectivity index (χ1n) is 19.1. The van der Waals surface area contributed by atoms with E-state index in [1.165, 1.54) is 6.20 Å². The molecule has 3 amide bonds. The predicted molar refractivity (Wildman–Crippen MR) is 220 cm³/mol. The first kappa shape index (κ1) is 39.7. The summed E-state index contributed by atoms with van der Waals surface area (Å²) in [5, 5.41) is 19.0. The van der Waals surface area contributed by atoms with Crippen molar-refractivity contribution >= 4 is 34.2 Å². The van der Waals surface area contributed by atoms with Crippen molar-refractivity contribution in [2.24, 2.45) is 0 Å². The van der Waals surface area contributed by atoms with E-state index in [-0.39, 0.29) is 17.7 Å². The van der Waals surface area contributed by atoms with E-state index in [9.17, 15) is 29.1 Å². The summed E-state index contributed by atoms with van der Waals surface area (Å²) in [6.07, 6.45) is -2.86. The van der Waals surface area contributed by atoms with Crippen LogP contribution in [0.2, 0.25) is 0 Å². The van der Waals surface area contributed by atoms with Crippen molar-refractivity contribution in [1.29, 1.82) is 0 Å². The third-order valence-corrected chi connectivity index (χ3v) is 11.0. The number of imide groups is 1. The molecule has 3 heterocycles. The van der Waals surface area contributed by atoms with Crippen molar-refractivity contribution in [2.45, 2.75) is 30.1 Å². The molecular formula is C45H41N5O10. The van der Waals surface area contributed by atoms with Crippen molar-refractivity contribution in [3.05, 3.63) is 170 Å². The highest BCUT2D eigenvalue weighted by molar-refractivity contribution is 6.27. The second-order valence-electron chi connectivity index (χ2n) is 14.3. The van der Waals surface area contributed by atoms with E-state index >= 15 is 0 Å². The maximum absolute atomic E-state index is 13.9. The Morgan fingerprint density at radius 1 is 0.783 bits per heavy atom. The van der Waals surface area contributed by atoms with Crippen molar-refractivity contribution in [3.63, 3.8) is 0 Å². The monoisotopic (exact) mass is 811 g/mol. The Bertz CT molecular complexity index is 2630. The van der Waals surface area contributed by atoms with Crippen LogP contribution in [0.4, 0.5) is 5.69 Å². The Morgan fingerprint density at radius 2 is 1.40 bits per heavy atom. The van der Waals surface area contributed by atoms with Gasteiger partial charge in [-0.25, -0.2) is 4.79 Å². The highest BCUT2D eigenvalue weighted by Crippen LogP contribution is 2.43. The number of nitrogens with one attached hydrogen (secondary N) is 3. The molecule has 2 aliphatic heterocycles. The second-order valence-corrected chi connectivity index (χ2v) is 14.3. The summed E-state index contributed by atoms with van der Waals surface area (Å²) in [6.45, 7) is -0.988. The zero-order valence-corrected chi connectivity index (χ0v) is 32.8. The number of aliphatic hydroxyl groups excluding tert-OH is 1. The summed E-state index contributed by atoms with van der Waals surface area (Å²) < 4.78 is 25.3. The van der Waals surface area contributed by atoms with Crippen molar-refractivity contribution in [2.75, 3.05) is 39.7 Å². The van der Waals surface area contributed by atoms with E-state index in [4.69, 9.17) is 18.9 Å². The standard InChI is InChI=1S/C45H41N5O10/c1-46-34-21-20-33-38-31(34)10-7-11-32(38)41(54)50(42(33)55)24-37(52)47-39-40(53)35(60-43(39)49-23-22-36(51)48-44(49)56)25-59-45(26-8-5-4-6-9-26,27-12-16-29(57-2)17-13-27)28-14-18-30(58-3)19-15-28/h4-23,35,39-40,43,46,53H,24-25H2,1-3H3,(H,47,52)(H,48,51,56)/t35-,39-,40-,43-/m1/s1. The lowest BCUT2D eigenvalue weighted by Crippen LogP contribution is -2.53. The molecule has 0 unspecified atom stereocenters. The lowest BCUT2D eigenvalue weighted by molar-refractivity contribution is -0.123. The van der Waals surface area contributed by atoms with Gasteiger partial charge in [0.05, 0.1) is 20.8 Å². The molecule has 1 saturated heterocycles. The topological polar surface area (TPSA) is 191 Å². The van der Waals surface area contributed by atoms with Gasteiger partial charge in [0, 0.05) is 46.9 Å². The average molecular weight is 812 g/mol. The number of hydrogen-bond donors (Lipinski definition) is 4. The summed E-state index contributed by atoms with van der Waals surface area (Å²) in [5.41, 5.74) is 0.556. The Morgan fingerprint density at radius 3 is 2.00 bits per heavy atom. The predicted octanol–water partition coefficient (Wildman–Crippen LogP) is 3.80. The minimum atomic E-state index is -1.51. The van der Waals surface area contributed by atoms with Crippen LogP contribution in [-0.2, 0) is 19.9 Å².